The van der Waals surface area contributed by atoms with Crippen LogP contribution in [0.3, 0.4) is 0 Å². The van der Waals surface area contributed by atoms with E-state index in [1.54, 1.807) is 0 Å². The summed E-state index contributed by atoms with van der Waals surface area (Å²) in [4.78, 5) is 0. The van der Waals surface area contributed by atoms with Crippen LogP contribution in [0.1, 0.15) is 51.4 Å². The molecule has 0 aromatic rings. The van der Waals surface area contributed by atoms with E-state index >= 15 is 0 Å². The highest BCUT2D eigenvalue weighted by atomic mass is 35.5. The van der Waals surface area contributed by atoms with Gasteiger partial charge in [-0.15, -0.1) is 20.8 Å². The molecule has 4 atom stereocenters. The van der Waals surface area contributed by atoms with Crippen molar-refractivity contribution in [3.8, 4) is 0 Å². The maximum Gasteiger partial charge on any atom is 0.160 e. The minimum absolute atomic E-state index is 0.0297. The Morgan fingerprint density at radius 1 is 0.800 bits per heavy atom. The zero-order chi connectivity index (χ0) is 13.9. The maximum absolute atomic E-state index is 6.29. The fourth-order valence-corrected chi connectivity index (χ4v) is 4.90. The van der Waals surface area contributed by atoms with Gasteiger partial charge >= 0.3 is 0 Å². The third-order valence-corrected chi connectivity index (χ3v) is 7.03. The molecular weight excluding hydrogens is 291 g/mol. The lowest BCUT2D eigenvalue weighted by Crippen LogP contribution is -2.42. The molecule has 4 unspecified atom stereocenters. The third-order valence-electron chi connectivity index (χ3n) is 5.50. The summed E-state index contributed by atoms with van der Waals surface area (Å²) in [5.41, 5.74) is 0.513. The van der Waals surface area contributed by atoms with E-state index in [0.29, 0.717) is 22.9 Å². The molecule has 2 saturated carbocycles. The van der Waals surface area contributed by atoms with Crippen LogP contribution in [0.4, 0.5) is 0 Å². The van der Waals surface area contributed by atoms with Gasteiger partial charge < -0.3 is 9.47 Å². The van der Waals surface area contributed by atoms with Crippen molar-refractivity contribution in [1.29, 1.82) is 0 Å². The Hall–Kier alpha value is 0.640. The molecular formula is C16H28ClO2P. The third kappa shape index (κ3) is 3.69. The summed E-state index contributed by atoms with van der Waals surface area (Å²) in [6, 6.07) is 0. The maximum atomic E-state index is 6.29. The summed E-state index contributed by atoms with van der Waals surface area (Å²) in [7, 11) is 2.90. The van der Waals surface area contributed by atoms with Crippen molar-refractivity contribution in [1.82, 2.24) is 0 Å². The second-order valence-electron chi connectivity index (χ2n) is 6.95. The van der Waals surface area contributed by atoms with Gasteiger partial charge in [0.05, 0.1) is 13.2 Å². The van der Waals surface area contributed by atoms with Crippen LogP contribution in [0.5, 0.6) is 0 Å². The van der Waals surface area contributed by atoms with Crippen molar-refractivity contribution in [2.45, 2.75) is 68.7 Å². The van der Waals surface area contributed by atoms with E-state index in [-0.39, 0.29) is 6.29 Å². The predicted molar refractivity (Wildman–Crippen MR) is 86.2 cm³/mol. The van der Waals surface area contributed by atoms with Gasteiger partial charge in [-0.25, -0.2) is 0 Å². The van der Waals surface area contributed by atoms with Crippen LogP contribution in [-0.4, -0.2) is 30.5 Å². The van der Waals surface area contributed by atoms with Crippen LogP contribution in [0.25, 0.3) is 0 Å². The Balaban J connectivity index is 1.46. The molecule has 1 aliphatic heterocycles. The number of alkyl halides is 1. The normalized spacial score (nSPS) is 44.4. The smallest absolute Gasteiger partial charge is 0.160 e. The molecule has 0 spiro atoms. The lowest BCUT2D eigenvalue weighted by atomic mass is 9.80. The molecule has 0 radical (unpaired) electrons. The van der Waals surface area contributed by atoms with Crippen LogP contribution in [-0.2, 0) is 9.47 Å². The predicted octanol–water partition coefficient (Wildman–Crippen LogP) is 4.21. The molecule has 20 heavy (non-hydrogen) atoms. The molecule has 116 valence electrons. The molecule has 3 rings (SSSR count). The van der Waals surface area contributed by atoms with Crippen LogP contribution in [0.2, 0.25) is 0 Å². The zero-order valence-electron chi connectivity index (χ0n) is 12.3. The van der Waals surface area contributed by atoms with Gasteiger partial charge in [0.25, 0.3) is 0 Å². The summed E-state index contributed by atoms with van der Waals surface area (Å²) in [5, 5.41) is 0.315. The molecule has 3 aliphatic rings. The second kappa shape index (κ2) is 7.27. The summed E-state index contributed by atoms with van der Waals surface area (Å²) in [6.45, 7) is 1.83. The van der Waals surface area contributed by atoms with Gasteiger partial charge in [0.2, 0.25) is 0 Å². The number of ether oxygens (including phenoxy) is 2. The molecule has 3 fully saturated rings. The summed E-state index contributed by atoms with van der Waals surface area (Å²) in [6.07, 6.45) is 10.4. The molecule has 0 N–H and O–H groups in total. The first-order chi connectivity index (χ1) is 9.74. The van der Waals surface area contributed by atoms with Gasteiger partial charge in [-0.3, -0.25) is 0 Å². The summed E-state index contributed by atoms with van der Waals surface area (Å²) in [5.74, 6) is 2.03. The fraction of sp³-hybridized carbons (Fsp3) is 1.00. The quantitative estimate of drug-likeness (QED) is 0.561. The average Bonchev–Trinajstić information content (AvgIpc) is 2.51. The van der Waals surface area contributed by atoms with E-state index in [1.165, 1.54) is 32.1 Å². The number of hydrogen-bond acceptors (Lipinski definition) is 2. The highest BCUT2D eigenvalue weighted by molar-refractivity contribution is 7.18. The average molecular weight is 319 g/mol. The largest absolute Gasteiger partial charge is 0.352 e. The van der Waals surface area contributed by atoms with Gasteiger partial charge in [-0.2, -0.15) is 0 Å². The second-order valence-corrected chi connectivity index (χ2v) is 8.36. The van der Waals surface area contributed by atoms with E-state index in [0.717, 1.165) is 38.4 Å². The van der Waals surface area contributed by atoms with Crippen LogP contribution in [0, 0.1) is 17.8 Å². The monoisotopic (exact) mass is 318 g/mol. The van der Waals surface area contributed by atoms with Crippen molar-refractivity contribution >= 4 is 20.8 Å². The first kappa shape index (κ1) is 15.5. The lowest BCUT2D eigenvalue weighted by molar-refractivity contribution is -0.235. The van der Waals surface area contributed by atoms with Gasteiger partial charge in [0.15, 0.2) is 6.29 Å². The molecule has 2 aliphatic carbocycles. The van der Waals surface area contributed by atoms with E-state index in [2.05, 4.69) is 9.24 Å². The van der Waals surface area contributed by atoms with E-state index in [1.807, 2.05) is 0 Å². The molecule has 0 bridgehead atoms. The van der Waals surface area contributed by atoms with Crippen molar-refractivity contribution < 1.29 is 9.47 Å². The van der Waals surface area contributed by atoms with Gasteiger partial charge in [0.1, 0.15) is 0 Å². The minimum atomic E-state index is 0.0297. The van der Waals surface area contributed by atoms with Crippen molar-refractivity contribution in [3.05, 3.63) is 0 Å². The Morgan fingerprint density at radius 3 is 2.15 bits per heavy atom. The molecule has 1 saturated heterocycles. The molecule has 2 nitrogen and oxygen atoms in total. The van der Waals surface area contributed by atoms with Crippen LogP contribution in [0.15, 0.2) is 0 Å². The van der Waals surface area contributed by atoms with Gasteiger partial charge in [-0.05, 0) is 30.8 Å². The van der Waals surface area contributed by atoms with Crippen molar-refractivity contribution in [3.63, 3.8) is 0 Å². The van der Waals surface area contributed by atoms with E-state index in [4.69, 9.17) is 21.1 Å². The van der Waals surface area contributed by atoms with Crippen molar-refractivity contribution in [2.24, 2.45) is 17.8 Å². The number of hydrogen-bond donors (Lipinski definition) is 0. The molecule has 4 heteroatoms. The summed E-state index contributed by atoms with van der Waals surface area (Å²) >= 11 is 6.29. The first-order valence-corrected chi connectivity index (χ1v) is 9.47. The molecule has 0 amide bonds. The van der Waals surface area contributed by atoms with Gasteiger partial charge in [-0.1, -0.05) is 32.1 Å². The van der Waals surface area contributed by atoms with E-state index in [9.17, 15) is 0 Å². The first-order valence-electron chi connectivity index (χ1n) is 8.37. The lowest BCUT2D eigenvalue weighted by Gasteiger charge is -2.41. The Kier molecular flexibility index (Phi) is 5.65. The number of halogens is 1. The van der Waals surface area contributed by atoms with Crippen LogP contribution < -0.4 is 0 Å². The molecule has 0 aromatic carbocycles. The summed E-state index contributed by atoms with van der Waals surface area (Å²) < 4.78 is 12.2. The highest BCUT2D eigenvalue weighted by Crippen LogP contribution is 2.38. The Morgan fingerprint density at radius 2 is 1.50 bits per heavy atom. The molecule has 0 aromatic heterocycles. The van der Waals surface area contributed by atoms with Crippen molar-refractivity contribution in [2.75, 3.05) is 13.2 Å². The SMILES string of the molecule is PC1CC(C2OCC(C3CCCCC3)CO2)CCC1Cl. The van der Waals surface area contributed by atoms with Crippen LogP contribution >= 0.6 is 20.8 Å². The van der Waals surface area contributed by atoms with E-state index < -0.39 is 0 Å². The minimum Gasteiger partial charge on any atom is -0.352 e. The molecule has 1 heterocycles. The Labute approximate surface area is 130 Å². The fourth-order valence-electron chi connectivity index (χ4n) is 4.13. The van der Waals surface area contributed by atoms with Gasteiger partial charge in [0, 0.05) is 17.2 Å². The number of rotatable bonds is 2. The highest BCUT2D eigenvalue weighted by Gasteiger charge is 2.36. The Bertz CT molecular complexity index is 301. The zero-order valence-corrected chi connectivity index (χ0v) is 14.2. The standard InChI is InChI=1S/C16H28ClO2P/c17-14-7-6-12(8-15(14)20)16-18-9-13(10-19-16)11-4-2-1-3-5-11/h11-16H,1-10,20H2. The topological polar surface area (TPSA) is 18.5 Å².